The molecule has 1 aromatic heterocycles. The van der Waals surface area contributed by atoms with E-state index in [1.807, 2.05) is 25.1 Å². The van der Waals surface area contributed by atoms with Crippen LogP contribution in [-0.2, 0) is 4.79 Å². The number of aryl methyl sites for hydroxylation is 1. The largest absolute Gasteiger partial charge is 0.494 e. The molecule has 1 aromatic carbocycles. The summed E-state index contributed by atoms with van der Waals surface area (Å²) in [7, 11) is 3.00. The number of likely N-dealkylation sites (N-methyl/N-ethyl adjacent to an activating group) is 1. The van der Waals surface area contributed by atoms with Crippen LogP contribution in [-0.4, -0.2) is 51.9 Å². The van der Waals surface area contributed by atoms with Crippen molar-refractivity contribution in [3.8, 4) is 11.4 Å². The zero-order valence-electron chi connectivity index (χ0n) is 13.5. The fourth-order valence-corrected chi connectivity index (χ4v) is 2.07. The van der Waals surface area contributed by atoms with Crippen molar-refractivity contribution >= 4 is 11.9 Å². The van der Waals surface area contributed by atoms with Crippen molar-refractivity contribution in [3.05, 3.63) is 41.7 Å². The van der Waals surface area contributed by atoms with Gasteiger partial charge in [0, 0.05) is 13.2 Å². The number of rotatable bonds is 5. The molecule has 0 bridgehead atoms. The molecule has 122 valence electrons. The van der Waals surface area contributed by atoms with Crippen LogP contribution >= 0.6 is 0 Å². The lowest BCUT2D eigenvalue weighted by Gasteiger charge is -2.20. The van der Waals surface area contributed by atoms with Gasteiger partial charge in [-0.15, -0.1) is 0 Å². The van der Waals surface area contributed by atoms with E-state index in [2.05, 4.69) is 5.10 Å². The maximum atomic E-state index is 12.3. The molecule has 2 rings (SSSR count). The van der Waals surface area contributed by atoms with Gasteiger partial charge in [-0.3, -0.25) is 4.79 Å². The fourth-order valence-electron chi connectivity index (χ4n) is 2.07. The minimum absolute atomic E-state index is 0.171. The quantitative estimate of drug-likeness (QED) is 0.908. The van der Waals surface area contributed by atoms with Crippen molar-refractivity contribution in [1.82, 2.24) is 14.7 Å². The predicted molar refractivity (Wildman–Crippen MR) is 84.0 cm³/mol. The number of methoxy groups -OCH3 is 1. The van der Waals surface area contributed by atoms with Gasteiger partial charge in [0.2, 0.25) is 0 Å². The molecule has 23 heavy (non-hydrogen) atoms. The van der Waals surface area contributed by atoms with E-state index in [9.17, 15) is 9.59 Å². The molecule has 0 radical (unpaired) electrons. The summed E-state index contributed by atoms with van der Waals surface area (Å²) in [6.45, 7) is 3.39. The number of carbonyl (C=O) groups excluding carboxylic acids is 1. The van der Waals surface area contributed by atoms with Crippen LogP contribution in [0.3, 0.4) is 0 Å². The minimum Gasteiger partial charge on any atom is -0.494 e. The van der Waals surface area contributed by atoms with Gasteiger partial charge in [0.25, 0.3) is 5.91 Å². The van der Waals surface area contributed by atoms with Crippen molar-refractivity contribution in [2.24, 2.45) is 0 Å². The summed E-state index contributed by atoms with van der Waals surface area (Å²) in [4.78, 5) is 24.4. The van der Waals surface area contributed by atoms with Crippen molar-refractivity contribution < 1.29 is 19.4 Å². The SMILES string of the molecule is COc1ccc(C)cc1-n1ccc(C(=O)N(C)[C@@H](C)C(=O)O)n1. The summed E-state index contributed by atoms with van der Waals surface area (Å²) in [6, 6.07) is 6.26. The van der Waals surface area contributed by atoms with E-state index in [1.54, 1.807) is 24.1 Å². The zero-order valence-corrected chi connectivity index (χ0v) is 13.5. The summed E-state index contributed by atoms with van der Waals surface area (Å²) < 4.78 is 6.85. The molecule has 0 aliphatic rings. The summed E-state index contributed by atoms with van der Waals surface area (Å²) >= 11 is 0. The van der Waals surface area contributed by atoms with Gasteiger partial charge in [-0.05, 0) is 37.6 Å². The maximum Gasteiger partial charge on any atom is 0.326 e. The molecule has 7 nitrogen and oxygen atoms in total. The lowest BCUT2D eigenvalue weighted by molar-refractivity contribution is -0.141. The summed E-state index contributed by atoms with van der Waals surface area (Å²) in [5.74, 6) is -0.893. The number of hydrogen-bond donors (Lipinski definition) is 1. The Balaban J connectivity index is 2.33. The van der Waals surface area contributed by atoms with Gasteiger partial charge in [-0.1, -0.05) is 6.07 Å². The second-order valence-corrected chi connectivity index (χ2v) is 5.25. The molecule has 1 amide bonds. The highest BCUT2D eigenvalue weighted by Crippen LogP contribution is 2.23. The first-order chi connectivity index (χ1) is 10.8. The number of ether oxygens (including phenoxy) is 1. The Kier molecular flexibility index (Phi) is 4.68. The first-order valence-electron chi connectivity index (χ1n) is 7.05. The van der Waals surface area contributed by atoms with Gasteiger partial charge in [0.05, 0.1) is 7.11 Å². The normalized spacial score (nSPS) is 11.8. The smallest absolute Gasteiger partial charge is 0.326 e. The van der Waals surface area contributed by atoms with Crippen LogP contribution in [0.5, 0.6) is 5.75 Å². The van der Waals surface area contributed by atoms with Crippen molar-refractivity contribution in [2.75, 3.05) is 14.2 Å². The molecule has 7 heteroatoms. The minimum atomic E-state index is -1.07. The molecule has 0 unspecified atom stereocenters. The topological polar surface area (TPSA) is 84.7 Å². The number of nitrogens with zero attached hydrogens (tertiary/aromatic N) is 3. The number of hydrogen-bond acceptors (Lipinski definition) is 4. The van der Waals surface area contributed by atoms with E-state index < -0.39 is 17.9 Å². The zero-order chi connectivity index (χ0) is 17.1. The number of aliphatic carboxylic acids is 1. The number of carbonyl (C=O) groups is 2. The van der Waals surface area contributed by atoms with E-state index >= 15 is 0 Å². The van der Waals surface area contributed by atoms with Gasteiger partial charge in [-0.2, -0.15) is 5.10 Å². The lowest BCUT2D eigenvalue weighted by Crippen LogP contribution is -2.40. The fraction of sp³-hybridized carbons (Fsp3) is 0.312. The predicted octanol–water partition coefficient (Wildman–Crippen LogP) is 1.73. The molecule has 0 fully saturated rings. The highest BCUT2D eigenvalue weighted by molar-refractivity contribution is 5.94. The average molecular weight is 317 g/mol. The van der Waals surface area contributed by atoms with Gasteiger partial charge in [-0.25, -0.2) is 9.48 Å². The number of benzene rings is 1. The third-order valence-corrected chi connectivity index (χ3v) is 3.65. The van der Waals surface area contributed by atoms with Crippen LogP contribution in [0, 0.1) is 6.92 Å². The van der Waals surface area contributed by atoms with E-state index in [0.29, 0.717) is 11.4 Å². The number of carboxylic acids is 1. The van der Waals surface area contributed by atoms with Crippen LogP contribution in [0.2, 0.25) is 0 Å². The lowest BCUT2D eigenvalue weighted by atomic mass is 10.2. The summed E-state index contributed by atoms with van der Waals surface area (Å²) in [5.41, 5.74) is 1.91. The van der Waals surface area contributed by atoms with E-state index in [1.165, 1.54) is 14.0 Å². The average Bonchev–Trinajstić information content (AvgIpc) is 3.02. The molecule has 0 aliphatic heterocycles. The Morgan fingerprint density at radius 3 is 2.65 bits per heavy atom. The van der Waals surface area contributed by atoms with Crippen molar-refractivity contribution in [3.63, 3.8) is 0 Å². The Morgan fingerprint density at radius 1 is 1.35 bits per heavy atom. The van der Waals surface area contributed by atoms with Crippen LogP contribution in [0.4, 0.5) is 0 Å². The molecule has 1 N–H and O–H groups in total. The molecule has 1 atom stereocenters. The van der Waals surface area contributed by atoms with Crippen LogP contribution in [0.1, 0.15) is 23.0 Å². The second kappa shape index (κ2) is 6.51. The first-order valence-corrected chi connectivity index (χ1v) is 7.05. The van der Waals surface area contributed by atoms with E-state index in [0.717, 1.165) is 10.5 Å². The van der Waals surface area contributed by atoms with Gasteiger partial charge in [0.1, 0.15) is 17.5 Å². The molecule has 0 saturated heterocycles. The van der Waals surface area contributed by atoms with Crippen molar-refractivity contribution in [1.29, 1.82) is 0 Å². The summed E-state index contributed by atoms with van der Waals surface area (Å²) in [6.07, 6.45) is 1.64. The first kappa shape index (κ1) is 16.5. The van der Waals surface area contributed by atoms with E-state index in [-0.39, 0.29) is 5.69 Å². The van der Waals surface area contributed by atoms with E-state index in [4.69, 9.17) is 9.84 Å². The standard InChI is InChI=1S/C16H19N3O4/c1-10-5-6-14(23-4)13(9-10)19-8-7-12(17-19)15(20)18(3)11(2)16(21)22/h5-9,11H,1-4H3,(H,21,22)/t11-/m0/s1. The Bertz CT molecular complexity index is 739. The monoisotopic (exact) mass is 317 g/mol. The Morgan fingerprint density at radius 2 is 2.04 bits per heavy atom. The summed E-state index contributed by atoms with van der Waals surface area (Å²) in [5, 5.41) is 13.2. The number of aromatic nitrogens is 2. The Hall–Kier alpha value is -2.83. The maximum absolute atomic E-state index is 12.3. The molecule has 0 saturated carbocycles. The molecule has 2 aromatic rings. The molecule has 1 heterocycles. The van der Waals surface area contributed by atoms with Gasteiger partial charge < -0.3 is 14.7 Å². The van der Waals surface area contributed by atoms with Crippen LogP contribution in [0.25, 0.3) is 5.69 Å². The van der Waals surface area contributed by atoms with Crippen LogP contribution < -0.4 is 4.74 Å². The second-order valence-electron chi connectivity index (χ2n) is 5.25. The van der Waals surface area contributed by atoms with Gasteiger partial charge in [0.15, 0.2) is 5.69 Å². The van der Waals surface area contributed by atoms with Crippen molar-refractivity contribution in [2.45, 2.75) is 19.9 Å². The third kappa shape index (κ3) is 3.33. The highest BCUT2D eigenvalue weighted by atomic mass is 16.5. The molecule has 0 aliphatic carbocycles. The molecular formula is C16H19N3O4. The third-order valence-electron chi connectivity index (χ3n) is 3.65. The molecular weight excluding hydrogens is 298 g/mol. The molecule has 0 spiro atoms. The van der Waals surface area contributed by atoms with Crippen LogP contribution in [0.15, 0.2) is 30.5 Å². The highest BCUT2D eigenvalue weighted by Gasteiger charge is 2.24. The number of amides is 1. The Labute approximate surface area is 134 Å². The number of carboxylic acid groups (broad SMARTS) is 1. The van der Waals surface area contributed by atoms with Gasteiger partial charge >= 0.3 is 5.97 Å².